The van der Waals surface area contributed by atoms with Gasteiger partial charge in [-0.3, -0.25) is 4.90 Å². The molecule has 0 aliphatic carbocycles. The van der Waals surface area contributed by atoms with Crippen molar-refractivity contribution >= 4 is 0 Å². The molecule has 3 aromatic rings. The van der Waals surface area contributed by atoms with Gasteiger partial charge in [-0.2, -0.15) is 0 Å². The van der Waals surface area contributed by atoms with E-state index in [-0.39, 0.29) is 19.0 Å². The third kappa shape index (κ3) is 6.75. The van der Waals surface area contributed by atoms with E-state index in [2.05, 4.69) is 9.88 Å². The van der Waals surface area contributed by atoms with Crippen molar-refractivity contribution in [2.24, 2.45) is 0 Å². The number of halogens is 1. The van der Waals surface area contributed by atoms with Gasteiger partial charge in [0.05, 0.1) is 26.9 Å². The lowest BCUT2D eigenvalue weighted by atomic mass is 10.1. The number of ether oxygens (including phenoxy) is 4. The Morgan fingerprint density at radius 2 is 2.00 bits per heavy atom. The molecular formula is C27H34FN3O5. The number of aryl methyl sites for hydroxylation is 2. The van der Waals surface area contributed by atoms with Crippen LogP contribution in [0.15, 0.2) is 48.8 Å². The predicted molar refractivity (Wildman–Crippen MR) is 133 cm³/mol. The van der Waals surface area contributed by atoms with E-state index >= 15 is 0 Å². The van der Waals surface area contributed by atoms with Crippen LogP contribution in [0, 0.1) is 19.7 Å². The van der Waals surface area contributed by atoms with Gasteiger partial charge in [0.25, 0.3) is 0 Å². The van der Waals surface area contributed by atoms with E-state index in [0.717, 1.165) is 11.4 Å². The van der Waals surface area contributed by atoms with E-state index in [9.17, 15) is 9.50 Å². The lowest BCUT2D eigenvalue weighted by Crippen LogP contribution is -2.48. The second-order valence-corrected chi connectivity index (χ2v) is 9.19. The van der Waals surface area contributed by atoms with Gasteiger partial charge in [0.1, 0.15) is 36.2 Å². The molecule has 0 saturated carbocycles. The predicted octanol–water partition coefficient (Wildman–Crippen LogP) is 3.37. The smallest absolute Gasteiger partial charge is 0.161 e. The molecule has 0 radical (unpaired) electrons. The fraction of sp³-hybridized carbons (Fsp3) is 0.444. The zero-order valence-electron chi connectivity index (χ0n) is 21.1. The monoisotopic (exact) mass is 499 g/mol. The summed E-state index contributed by atoms with van der Waals surface area (Å²) in [6.07, 6.45) is 3.70. The van der Waals surface area contributed by atoms with Crippen molar-refractivity contribution in [3.8, 4) is 17.2 Å². The molecule has 0 unspecified atom stereocenters. The summed E-state index contributed by atoms with van der Waals surface area (Å²) in [5.74, 6) is 2.50. The zero-order valence-corrected chi connectivity index (χ0v) is 21.1. The number of aromatic nitrogens is 2. The van der Waals surface area contributed by atoms with E-state index < -0.39 is 5.60 Å². The summed E-state index contributed by atoms with van der Waals surface area (Å²) in [5, 5.41) is 11.2. The quantitative estimate of drug-likeness (QED) is 0.458. The Morgan fingerprint density at radius 1 is 1.14 bits per heavy atom. The molecule has 0 spiro atoms. The standard InChI is InChI=1S/C27H34FN3O5/c1-20-14-23(5-6-24(20)28)36-19-27(32)17-30(10-12-34-18-27)16-22-4-7-25(33-3)26(15-22)35-13-11-31-9-8-29-21(31)2/h4-9,14-15,32H,10-13,16-19H2,1-3H3/t27-/m1/s1. The highest BCUT2D eigenvalue weighted by Crippen LogP contribution is 2.29. The number of methoxy groups -OCH3 is 1. The molecule has 1 aliphatic rings. The first-order valence-electron chi connectivity index (χ1n) is 12.0. The van der Waals surface area contributed by atoms with Crippen molar-refractivity contribution in [2.45, 2.75) is 32.5 Å². The minimum absolute atomic E-state index is 0.0409. The van der Waals surface area contributed by atoms with Crippen molar-refractivity contribution in [2.75, 3.05) is 46.6 Å². The molecule has 36 heavy (non-hydrogen) atoms. The molecule has 1 saturated heterocycles. The van der Waals surface area contributed by atoms with Gasteiger partial charge in [0.2, 0.25) is 0 Å². The van der Waals surface area contributed by atoms with Crippen LogP contribution in [0.4, 0.5) is 4.39 Å². The molecule has 1 atom stereocenters. The largest absolute Gasteiger partial charge is 0.493 e. The lowest BCUT2D eigenvalue weighted by molar-refractivity contribution is -0.0646. The van der Waals surface area contributed by atoms with Crippen molar-refractivity contribution in [1.82, 2.24) is 14.5 Å². The van der Waals surface area contributed by atoms with Crippen molar-refractivity contribution in [1.29, 1.82) is 0 Å². The summed E-state index contributed by atoms with van der Waals surface area (Å²) in [4.78, 5) is 6.37. The van der Waals surface area contributed by atoms with Crippen LogP contribution in [-0.4, -0.2) is 71.8 Å². The maximum atomic E-state index is 13.6. The molecule has 9 heteroatoms. The average molecular weight is 500 g/mol. The van der Waals surface area contributed by atoms with Crippen molar-refractivity contribution < 1.29 is 28.4 Å². The first kappa shape index (κ1) is 25.9. The number of β-amino-alcohol motifs (C(OH)–C–C–N with tert-alkyl or cyclic N) is 1. The molecule has 4 rings (SSSR count). The number of hydrogen-bond donors (Lipinski definition) is 1. The molecule has 8 nitrogen and oxygen atoms in total. The van der Waals surface area contributed by atoms with Gasteiger partial charge in [0, 0.05) is 32.0 Å². The van der Waals surface area contributed by atoms with Crippen LogP contribution in [0.5, 0.6) is 17.2 Å². The first-order valence-corrected chi connectivity index (χ1v) is 12.0. The van der Waals surface area contributed by atoms with Crippen LogP contribution in [0.3, 0.4) is 0 Å². The third-order valence-electron chi connectivity index (χ3n) is 6.23. The van der Waals surface area contributed by atoms with Gasteiger partial charge in [-0.15, -0.1) is 0 Å². The van der Waals surface area contributed by atoms with Crippen LogP contribution >= 0.6 is 0 Å². The van der Waals surface area contributed by atoms with Crippen LogP contribution < -0.4 is 14.2 Å². The van der Waals surface area contributed by atoms with Crippen LogP contribution in [-0.2, 0) is 17.8 Å². The highest BCUT2D eigenvalue weighted by Gasteiger charge is 2.33. The van der Waals surface area contributed by atoms with Gasteiger partial charge in [0.15, 0.2) is 11.5 Å². The van der Waals surface area contributed by atoms with Crippen LogP contribution in [0.1, 0.15) is 17.0 Å². The molecule has 194 valence electrons. The number of rotatable bonds is 10. The molecule has 2 aromatic carbocycles. The zero-order chi connectivity index (χ0) is 25.5. The lowest BCUT2D eigenvalue weighted by Gasteiger charge is -2.30. The Morgan fingerprint density at radius 3 is 2.75 bits per heavy atom. The number of benzene rings is 2. The van der Waals surface area contributed by atoms with E-state index in [1.165, 1.54) is 6.07 Å². The van der Waals surface area contributed by atoms with Gasteiger partial charge in [-0.1, -0.05) is 6.07 Å². The second-order valence-electron chi connectivity index (χ2n) is 9.19. The molecular weight excluding hydrogens is 465 g/mol. The minimum atomic E-state index is -1.20. The second kappa shape index (κ2) is 11.7. The number of hydrogen-bond acceptors (Lipinski definition) is 7. The Labute approximate surface area is 211 Å². The van der Waals surface area contributed by atoms with Crippen molar-refractivity contribution in [3.05, 3.63) is 71.6 Å². The molecule has 0 bridgehead atoms. The minimum Gasteiger partial charge on any atom is -0.493 e. The van der Waals surface area contributed by atoms with Gasteiger partial charge in [-0.05, 0) is 55.3 Å². The molecule has 0 amide bonds. The highest BCUT2D eigenvalue weighted by atomic mass is 19.1. The maximum absolute atomic E-state index is 13.6. The average Bonchev–Trinajstić information content (AvgIpc) is 3.17. The summed E-state index contributed by atoms with van der Waals surface area (Å²) in [7, 11) is 1.62. The van der Waals surface area contributed by atoms with Gasteiger partial charge >= 0.3 is 0 Å². The van der Waals surface area contributed by atoms with Crippen LogP contribution in [0.25, 0.3) is 0 Å². The topological polar surface area (TPSA) is 78.2 Å². The first-order chi connectivity index (χ1) is 17.3. The number of nitrogens with zero attached hydrogens (tertiary/aromatic N) is 3. The van der Waals surface area contributed by atoms with Gasteiger partial charge < -0.3 is 28.6 Å². The van der Waals surface area contributed by atoms with Crippen molar-refractivity contribution in [3.63, 3.8) is 0 Å². The molecule has 1 N–H and O–H groups in total. The summed E-state index contributed by atoms with van der Waals surface area (Å²) in [6.45, 7) is 7.14. The fourth-order valence-corrected chi connectivity index (χ4v) is 4.23. The summed E-state index contributed by atoms with van der Waals surface area (Å²) >= 11 is 0. The third-order valence-corrected chi connectivity index (χ3v) is 6.23. The summed E-state index contributed by atoms with van der Waals surface area (Å²) in [6, 6.07) is 10.4. The number of imidazole rings is 1. The molecule has 1 aliphatic heterocycles. The van der Waals surface area contributed by atoms with E-state index in [0.29, 0.717) is 62.2 Å². The Balaban J connectivity index is 1.38. The molecule has 1 fully saturated rings. The van der Waals surface area contributed by atoms with Gasteiger partial charge in [-0.25, -0.2) is 9.37 Å². The highest BCUT2D eigenvalue weighted by molar-refractivity contribution is 5.43. The van der Waals surface area contributed by atoms with E-state index in [1.807, 2.05) is 35.9 Å². The Bertz CT molecular complexity index is 1150. The van der Waals surface area contributed by atoms with E-state index in [1.54, 1.807) is 32.4 Å². The molecule has 1 aromatic heterocycles. The number of aliphatic hydroxyl groups is 1. The maximum Gasteiger partial charge on any atom is 0.161 e. The van der Waals surface area contributed by atoms with E-state index in [4.69, 9.17) is 18.9 Å². The fourth-order valence-electron chi connectivity index (χ4n) is 4.23. The normalized spacial score (nSPS) is 18.6. The Kier molecular flexibility index (Phi) is 8.45. The Hall–Kier alpha value is -3.14. The summed E-state index contributed by atoms with van der Waals surface area (Å²) in [5.41, 5.74) is 0.327. The summed E-state index contributed by atoms with van der Waals surface area (Å²) < 4.78 is 38.6. The van der Waals surface area contributed by atoms with Crippen LogP contribution in [0.2, 0.25) is 0 Å². The molecule has 2 heterocycles. The SMILES string of the molecule is COc1ccc(CN2CCOC[C@@](O)(COc3ccc(F)c(C)c3)C2)cc1OCCn1ccnc1C.